The quantitative estimate of drug-likeness (QED) is 0.370. The molecule has 11 heteroatoms. The molecule has 0 aliphatic rings. The molecule has 0 fully saturated rings. The lowest BCUT2D eigenvalue weighted by Gasteiger charge is -2.16. The van der Waals surface area contributed by atoms with Gasteiger partial charge < -0.3 is 10.1 Å². The molecule has 0 saturated carbocycles. The highest BCUT2D eigenvalue weighted by Crippen LogP contribution is 2.29. The molecule has 0 saturated heterocycles. The minimum atomic E-state index is -3.75. The van der Waals surface area contributed by atoms with Crippen molar-refractivity contribution in [2.75, 3.05) is 11.9 Å². The van der Waals surface area contributed by atoms with Gasteiger partial charge in [0, 0.05) is 6.20 Å². The summed E-state index contributed by atoms with van der Waals surface area (Å²) in [5, 5.41) is 17.3. The van der Waals surface area contributed by atoms with Crippen LogP contribution in [0.5, 0.6) is 5.88 Å². The zero-order valence-corrected chi connectivity index (χ0v) is 20.9. The fourth-order valence-electron chi connectivity index (χ4n) is 3.60. The highest BCUT2D eigenvalue weighted by molar-refractivity contribution is 7.89. The van der Waals surface area contributed by atoms with Crippen LogP contribution in [0, 0.1) is 23.7 Å². The number of rotatable bonds is 9. The molecule has 3 heterocycles. The average molecular weight is 494 g/mol. The Labute approximate surface area is 204 Å². The highest BCUT2D eigenvalue weighted by atomic mass is 32.2. The summed E-state index contributed by atoms with van der Waals surface area (Å²) in [6.45, 7) is 8.16. The zero-order valence-electron chi connectivity index (χ0n) is 20.1. The fraction of sp³-hybridized carbons (Fsp3) is 0.333. The average Bonchev–Trinajstić information content (AvgIpc) is 3.39. The third kappa shape index (κ3) is 5.12. The number of hydrogen-bond acceptors (Lipinski definition) is 8. The van der Waals surface area contributed by atoms with Crippen LogP contribution in [0.15, 0.2) is 48.8 Å². The van der Waals surface area contributed by atoms with Gasteiger partial charge in [-0.15, -0.1) is 0 Å². The van der Waals surface area contributed by atoms with Crippen molar-refractivity contribution < 1.29 is 13.2 Å². The topological polar surface area (TPSA) is 128 Å². The second-order valence-electron chi connectivity index (χ2n) is 8.80. The molecule has 1 N–H and O–H groups in total. The number of nitrogens with one attached hydrogen (secondary N) is 1. The van der Waals surface area contributed by atoms with Crippen LogP contribution >= 0.6 is 0 Å². The first-order chi connectivity index (χ1) is 16.6. The summed E-state index contributed by atoms with van der Waals surface area (Å²) in [5.74, 6) is 0.289. The normalized spacial score (nSPS) is 12.0. The lowest BCUT2D eigenvalue weighted by atomic mass is 9.96. The van der Waals surface area contributed by atoms with Crippen molar-refractivity contribution in [2.24, 2.45) is 5.41 Å². The van der Waals surface area contributed by atoms with Gasteiger partial charge in [-0.25, -0.2) is 12.4 Å². The Balaban J connectivity index is 1.72. The number of aromatic nitrogens is 5. The van der Waals surface area contributed by atoms with Crippen LogP contribution in [0.2, 0.25) is 0 Å². The van der Waals surface area contributed by atoms with Crippen molar-refractivity contribution >= 4 is 32.7 Å². The Kier molecular flexibility index (Phi) is 6.49. The summed E-state index contributed by atoms with van der Waals surface area (Å²) < 4.78 is 35.1. The van der Waals surface area contributed by atoms with Crippen molar-refractivity contribution in [1.29, 1.82) is 5.26 Å². The number of benzene rings is 1. The van der Waals surface area contributed by atoms with E-state index in [2.05, 4.69) is 26.5 Å². The maximum absolute atomic E-state index is 13.2. The predicted molar refractivity (Wildman–Crippen MR) is 133 cm³/mol. The van der Waals surface area contributed by atoms with Gasteiger partial charge >= 0.3 is 0 Å². The van der Waals surface area contributed by atoms with E-state index in [1.807, 2.05) is 33.8 Å². The van der Waals surface area contributed by atoms with E-state index in [9.17, 15) is 13.7 Å². The molecule has 4 rings (SSSR count). The van der Waals surface area contributed by atoms with Crippen LogP contribution in [0.3, 0.4) is 0 Å². The summed E-state index contributed by atoms with van der Waals surface area (Å²) in [4.78, 5) is 8.98. The summed E-state index contributed by atoms with van der Waals surface area (Å²) >= 11 is 0. The minimum absolute atomic E-state index is 0.172. The van der Waals surface area contributed by atoms with Crippen molar-refractivity contribution in [3.63, 3.8) is 0 Å². The van der Waals surface area contributed by atoms with Gasteiger partial charge in [0.2, 0.25) is 21.9 Å². The Morgan fingerprint density at radius 3 is 2.60 bits per heavy atom. The van der Waals surface area contributed by atoms with E-state index in [-0.39, 0.29) is 23.2 Å². The molecule has 3 aromatic heterocycles. The molecule has 35 heavy (non-hydrogen) atoms. The van der Waals surface area contributed by atoms with E-state index < -0.39 is 15.4 Å². The number of anilines is 2. The standard InChI is InChI=1S/C24H27N7O3S/c1-5-34-22-19-11-12-31(35(32,33)14-18-9-7-6-8-10-18)21(19)28-23(29-22)27-20-13-26-30(17(20)2)16-24(3,4)15-25/h6-13H,5,14,16H2,1-4H3,(H,27,28,29). The molecule has 10 nitrogen and oxygen atoms in total. The highest BCUT2D eigenvalue weighted by Gasteiger charge is 2.23. The third-order valence-electron chi connectivity index (χ3n) is 5.45. The zero-order chi connectivity index (χ0) is 25.2. The van der Waals surface area contributed by atoms with Crippen LogP contribution in [-0.4, -0.2) is 38.7 Å². The van der Waals surface area contributed by atoms with Crippen LogP contribution in [-0.2, 0) is 22.3 Å². The van der Waals surface area contributed by atoms with Crippen molar-refractivity contribution in [3.8, 4) is 11.9 Å². The Morgan fingerprint density at radius 2 is 1.91 bits per heavy atom. The first-order valence-corrected chi connectivity index (χ1v) is 12.7. The summed E-state index contributed by atoms with van der Waals surface area (Å²) in [5.41, 5.74) is 1.75. The van der Waals surface area contributed by atoms with Gasteiger partial charge in [-0.05, 0) is 39.3 Å². The number of hydrogen-bond donors (Lipinski definition) is 1. The largest absolute Gasteiger partial charge is 0.477 e. The molecule has 0 spiro atoms. The Morgan fingerprint density at radius 1 is 1.17 bits per heavy atom. The molecule has 0 aliphatic carbocycles. The molecule has 0 radical (unpaired) electrons. The van der Waals surface area contributed by atoms with Crippen LogP contribution < -0.4 is 10.1 Å². The molecule has 4 aromatic rings. The molecule has 0 unspecified atom stereocenters. The van der Waals surface area contributed by atoms with E-state index in [0.29, 0.717) is 29.8 Å². The van der Waals surface area contributed by atoms with Crippen LogP contribution in [0.4, 0.5) is 11.6 Å². The SMILES string of the molecule is CCOc1nc(Nc2cnn(CC(C)(C)C#N)c2C)nc2c1ccn2S(=O)(=O)Cc1ccccc1. The van der Waals surface area contributed by atoms with Crippen LogP contribution in [0.25, 0.3) is 11.0 Å². The van der Waals surface area contributed by atoms with Gasteiger partial charge in [0.25, 0.3) is 0 Å². The molecule has 0 aliphatic heterocycles. The molecule has 1 aromatic carbocycles. The lowest BCUT2D eigenvalue weighted by Crippen LogP contribution is -2.19. The molecule has 0 amide bonds. The van der Waals surface area contributed by atoms with Gasteiger partial charge in [0.1, 0.15) is 0 Å². The van der Waals surface area contributed by atoms with E-state index >= 15 is 0 Å². The maximum atomic E-state index is 13.2. The minimum Gasteiger partial charge on any atom is -0.477 e. The van der Waals surface area contributed by atoms with Crippen molar-refractivity contribution in [3.05, 3.63) is 60.0 Å². The van der Waals surface area contributed by atoms with E-state index in [1.165, 1.54) is 6.20 Å². The summed E-state index contributed by atoms with van der Waals surface area (Å²) in [6, 6.07) is 12.9. The Bertz CT molecular complexity index is 1500. The third-order valence-corrected chi connectivity index (χ3v) is 7.04. The smallest absolute Gasteiger partial charge is 0.244 e. The van der Waals surface area contributed by atoms with Gasteiger partial charge in [-0.1, -0.05) is 30.3 Å². The van der Waals surface area contributed by atoms with Gasteiger partial charge in [-0.3, -0.25) is 4.68 Å². The number of nitriles is 1. The number of fused-ring (bicyclic) bond motifs is 1. The predicted octanol–water partition coefficient (Wildman–Crippen LogP) is 4.01. The molecule has 182 valence electrons. The van der Waals surface area contributed by atoms with Gasteiger partial charge in [0.15, 0.2) is 5.65 Å². The summed E-state index contributed by atoms with van der Waals surface area (Å²) in [6.07, 6.45) is 3.10. The summed E-state index contributed by atoms with van der Waals surface area (Å²) in [7, 11) is -3.75. The fourth-order valence-corrected chi connectivity index (χ4v) is 5.01. The first kappa shape index (κ1) is 24.2. The molecule has 0 atom stereocenters. The molecule has 0 bridgehead atoms. The molecular formula is C24H27N7O3S. The van der Waals surface area contributed by atoms with Crippen molar-refractivity contribution in [1.82, 2.24) is 23.7 Å². The first-order valence-electron chi connectivity index (χ1n) is 11.1. The molecular weight excluding hydrogens is 466 g/mol. The van der Waals surface area contributed by atoms with Gasteiger partial charge in [0.05, 0.1) is 53.4 Å². The van der Waals surface area contributed by atoms with Crippen LogP contribution in [0.1, 0.15) is 32.0 Å². The van der Waals surface area contributed by atoms with E-state index in [1.54, 1.807) is 41.2 Å². The number of ether oxygens (including phenoxy) is 1. The van der Waals surface area contributed by atoms with Crippen molar-refractivity contribution in [2.45, 2.75) is 40.0 Å². The second-order valence-corrected chi connectivity index (χ2v) is 10.6. The monoisotopic (exact) mass is 493 g/mol. The second kappa shape index (κ2) is 9.38. The maximum Gasteiger partial charge on any atom is 0.244 e. The number of nitrogens with zero attached hydrogens (tertiary/aromatic N) is 6. The van der Waals surface area contributed by atoms with Gasteiger partial charge in [-0.2, -0.15) is 20.3 Å². The van der Waals surface area contributed by atoms with E-state index in [0.717, 1.165) is 9.67 Å². The lowest BCUT2D eigenvalue weighted by molar-refractivity contribution is 0.331. The Hall–Kier alpha value is -3.91. The van der Waals surface area contributed by atoms with E-state index in [4.69, 9.17) is 4.74 Å².